The van der Waals surface area contributed by atoms with Gasteiger partial charge in [0.05, 0.1) is 20.3 Å². The molecule has 1 heterocycles. The average Bonchev–Trinajstić information content (AvgIpc) is 2.16. The van der Waals surface area contributed by atoms with Crippen LogP contribution < -0.4 is 5.32 Å². The molecule has 0 bridgehead atoms. The van der Waals surface area contributed by atoms with Crippen molar-refractivity contribution in [3.8, 4) is 0 Å². The van der Waals surface area contributed by atoms with E-state index in [2.05, 4.69) is 5.32 Å². The lowest BCUT2D eigenvalue weighted by molar-refractivity contribution is -0.112. The highest BCUT2D eigenvalue weighted by Crippen LogP contribution is 1.99. The molecule has 0 aromatic carbocycles. The number of morpholine rings is 1. The van der Waals surface area contributed by atoms with E-state index in [1.165, 1.54) is 0 Å². The predicted molar refractivity (Wildman–Crippen MR) is 46.9 cm³/mol. The van der Waals surface area contributed by atoms with Crippen LogP contribution in [0.15, 0.2) is 0 Å². The van der Waals surface area contributed by atoms with Crippen LogP contribution in [0.2, 0.25) is 0 Å². The van der Waals surface area contributed by atoms with Crippen LogP contribution in [-0.4, -0.2) is 51.6 Å². The molecule has 0 spiro atoms. The maximum atomic E-state index is 5.33. The molecule has 1 aliphatic heterocycles. The third kappa shape index (κ3) is 3.49. The van der Waals surface area contributed by atoms with Crippen molar-refractivity contribution >= 4 is 0 Å². The van der Waals surface area contributed by atoms with Crippen molar-refractivity contribution in [1.82, 2.24) is 10.4 Å². The van der Waals surface area contributed by atoms with Crippen LogP contribution in [0.4, 0.5) is 0 Å². The van der Waals surface area contributed by atoms with Crippen LogP contribution in [0.25, 0.3) is 0 Å². The van der Waals surface area contributed by atoms with Crippen LogP contribution in [0, 0.1) is 0 Å². The Bertz CT molecular complexity index is 116. The lowest BCUT2D eigenvalue weighted by Crippen LogP contribution is -2.42. The van der Waals surface area contributed by atoms with Gasteiger partial charge in [-0.1, -0.05) is 0 Å². The number of hydroxylamine groups is 2. The first kappa shape index (κ1) is 9.92. The third-order valence-corrected chi connectivity index (χ3v) is 2.10. The molecule has 12 heavy (non-hydrogen) atoms. The number of ether oxygens (including phenoxy) is 1. The Morgan fingerprint density at radius 3 is 3.08 bits per heavy atom. The molecule has 0 aliphatic carbocycles. The van der Waals surface area contributed by atoms with E-state index < -0.39 is 0 Å². The molecule has 0 saturated carbocycles. The van der Waals surface area contributed by atoms with Crippen molar-refractivity contribution in [1.29, 1.82) is 0 Å². The fourth-order valence-corrected chi connectivity index (χ4v) is 1.23. The molecule has 1 fully saturated rings. The SMILES string of the molecule is CON(C)CCC1COCCN1. The summed E-state index contributed by atoms with van der Waals surface area (Å²) in [7, 11) is 3.62. The van der Waals surface area contributed by atoms with Gasteiger partial charge in [0, 0.05) is 26.2 Å². The van der Waals surface area contributed by atoms with Gasteiger partial charge in [0.2, 0.25) is 0 Å². The van der Waals surface area contributed by atoms with E-state index in [0.29, 0.717) is 6.04 Å². The van der Waals surface area contributed by atoms with Gasteiger partial charge in [-0.2, -0.15) is 5.06 Å². The second-order valence-corrected chi connectivity index (χ2v) is 3.05. The maximum Gasteiger partial charge on any atom is 0.0620 e. The van der Waals surface area contributed by atoms with Crippen molar-refractivity contribution in [2.75, 3.05) is 40.5 Å². The molecule has 1 rings (SSSR count). The van der Waals surface area contributed by atoms with Crippen LogP contribution >= 0.6 is 0 Å². The molecular weight excluding hydrogens is 156 g/mol. The fraction of sp³-hybridized carbons (Fsp3) is 1.00. The summed E-state index contributed by atoms with van der Waals surface area (Å²) in [5, 5.41) is 5.22. The van der Waals surface area contributed by atoms with E-state index in [9.17, 15) is 0 Å². The largest absolute Gasteiger partial charge is 0.379 e. The summed E-state index contributed by atoms with van der Waals surface area (Å²) in [6.45, 7) is 3.59. The Kier molecular flexibility index (Phi) is 4.53. The van der Waals surface area contributed by atoms with Crippen LogP contribution in [-0.2, 0) is 9.57 Å². The smallest absolute Gasteiger partial charge is 0.0620 e. The highest BCUT2D eigenvalue weighted by atomic mass is 16.7. The van der Waals surface area contributed by atoms with Gasteiger partial charge in [0.1, 0.15) is 0 Å². The van der Waals surface area contributed by atoms with Gasteiger partial charge in [-0.15, -0.1) is 0 Å². The minimum atomic E-state index is 0.497. The monoisotopic (exact) mass is 174 g/mol. The molecular formula is C8H18N2O2. The summed E-state index contributed by atoms with van der Waals surface area (Å²) >= 11 is 0. The van der Waals surface area contributed by atoms with Crippen molar-refractivity contribution in [2.45, 2.75) is 12.5 Å². The standard InChI is InChI=1S/C8H18N2O2/c1-10(11-2)5-3-8-7-12-6-4-9-8/h8-9H,3-7H2,1-2H3. The van der Waals surface area contributed by atoms with E-state index in [0.717, 1.165) is 32.7 Å². The van der Waals surface area contributed by atoms with Gasteiger partial charge < -0.3 is 14.9 Å². The molecule has 0 radical (unpaired) electrons. The van der Waals surface area contributed by atoms with Gasteiger partial charge in [0.25, 0.3) is 0 Å². The summed E-state index contributed by atoms with van der Waals surface area (Å²) in [4.78, 5) is 5.01. The normalized spacial score (nSPS) is 24.8. The fourth-order valence-electron chi connectivity index (χ4n) is 1.23. The van der Waals surface area contributed by atoms with Gasteiger partial charge in [-0.3, -0.25) is 0 Å². The van der Waals surface area contributed by atoms with E-state index in [1.54, 1.807) is 7.11 Å². The lowest BCUT2D eigenvalue weighted by atomic mass is 10.2. The summed E-state index contributed by atoms with van der Waals surface area (Å²) < 4.78 is 5.33. The summed E-state index contributed by atoms with van der Waals surface area (Å²) in [6, 6.07) is 0.497. The topological polar surface area (TPSA) is 33.7 Å². The highest BCUT2D eigenvalue weighted by molar-refractivity contribution is 4.70. The van der Waals surface area contributed by atoms with Crippen molar-refractivity contribution < 1.29 is 9.57 Å². The Hall–Kier alpha value is -0.160. The molecule has 1 aliphatic rings. The van der Waals surface area contributed by atoms with Crippen molar-refractivity contribution in [3.63, 3.8) is 0 Å². The first-order valence-electron chi connectivity index (χ1n) is 4.39. The Morgan fingerprint density at radius 2 is 2.50 bits per heavy atom. The molecule has 0 aromatic rings. The molecule has 1 saturated heterocycles. The van der Waals surface area contributed by atoms with Crippen molar-refractivity contribution in [2.24, 2.45) is 0 Å². The highest BCUT2D eigenvalue weighted by Gasteiger charge is 2.12. The molecule has 72 valence electrons. The molecule has 4 heteroatoms. The molecule has 1 N–H and O–H groups in total. The Labute approximate surface area is 73.8 Å². The van der Waals surface area contributed by atoms with Crippen molar-refractivity contribution in [3.05, 3.63) is 0 Å². The maximum absolute atomic E-state index is 5.33. The minimum Gasteiger partial charge on any atom is -0.379 e. The minimum absolute atomic E-state index is 0.497. The van der Waals surface area contributed by atoms with E-state index in [-0.39, 0.29) is 0 Å². The van der Waals surface area contributed by atoms with Gasteiger partial charge in [0.15, 0.2) is 0 Å². The number of hydrogen-bond acceptors (Lipinski definition) is 4. The molecule has 1 unspecified atom stereocenters. The van der Waals surface area contributed by atoms with E-state index in [1.807, 2.05) is 12.1 Å². The number of rotatable bonds is 4. The summed E-state index contributed by atoms with van der Waals surface area (Å²) in [5.74, 6) is 0. The van der Waals surface area contributed by atoms with Crippen LogP contribution in [0.3, 0.4) is 0 Å². The molecule has 1 atom stereocenters. The third-order valence-electron chi connectivity index (χ3n) is 2.10. The second kappa shape index (κ2) is 5.48. The lowest BCUT2D eigenvalue weighted by Gasteiger charge is -2.25. The number of hydrogen-bond donors (Lipinski definition) is 1. The summed E-state index contributed by atoms with van der Waals surface area (Å²) in [5.41, 5.74) is 0. The zero-order chi connectivity index (χ0) is 8.81. The first-order chi connectivity index (χ1) is 5.83. The quantitative estimate of drug-likeness (QED) is 0.601. The zero-order valence-electron chi connectivity index (χ0n) is 7.88. The molecule has 0 amide bonds. The van der Waals surface area contributed by atoms with Gasteiger partial charge in [-0.25, -0.2) is 0 Å². The molecule has 4 nitrogen and oxygen atoms in total. The van der Waals surface area contributed by atoms with Crippen LogP contribution in [0.1, 0.15) is 6.42 Å². The van der Waals surface area contributed by atoms with Gasteiger partial charge in [-0.05, 0) is 6.42 Å². The van der Waals surface area contributed by atoms with E-state index in [4.69, 9.17) is 9.57 Å². The average molecular weight is 174 g/mol. The van der Waals surface area contributed by atoms with Crippen LogP contribution in [0.5, 0.6) is 0 Å². The second-order valence-electron chi connectivity index (χ2n) is 3.05. The Morgan fingerprint density at radius 1 is 1.67 bits per heavy atom. The first-order valence-corrected chi connectivity index (χ1v) is 4.39. The molecule has 0 aromatic heterocycles. The predicted octanol–water partition coefficient (Wildman–Crippen LogP) is -0.142. The van der Waals surface area contributed by atoms with E-state index >= 15 is 0 Å². The summed E-state index contributed by atoms with van der Waals surface area (Å²) in [6.07, 6.45) is 1.07. The number of nitrogens with zero attached hydrogens (tertiary/aromatic N) is 1. The zero-order valence-corrected chi connectivity index (χ0v) is 7.88. The Balaban J connectivity index is 2.05. The number of nitrogens with one attached hydrogen (secondary N) is 1. The van der Waals surface area contributed by atoms with Gasteiger partial charge >= 0.3 is 0 Å².